The third kappa shape index (κ3) is 1.89. The molecule has 1 heterocycles. The third-order valence-electron chi connectivity index (χ3n) is 3.72. The number of rotatable bonds is 1. The fourth-order valence-corrected chi connectivity index (χ4v) is 2.73. The number of nitrogen functional groups attached to an aromatic ring is 1. The van der Waals surface area contributed by atoms with Crippen LogP contribution in [-0.4, -0.2) is 18.5 Å². The number of hydrogen-bond donors (Lipinski definition) is 1. The second kappa shape index (κ2) is 4.46. The predicted octanol–water partition coefficient (Wildman–Crippen LogP) is 2.92. The van der Waals surface area contributed by atoms with Crippen LogP contribution in [0, 0.1) is 0 Å². The number of nitrogens with zero attached hydrogens (tertiary/aromatic N) is 1. The first-order chi connectivity index (χ1) is 8.75. The van der Waals surface area contributed by atoms with E-state index in [2.05, 4.69) is 48.3 Å². The summed E-state index contributed by atoms with van der Waals surface area (Å²) in [6.45, 7) is 2.08. The predicted molar refractivity (Wildman–Crippen MR) is 76.3 cm³/mol. The summed E-state index contributed by atoms with van der Waals surface area (Å²) in [5.74, 6) is 0. The standard InChI is InChI=1S/C16H18N2/c1-18-10-9-14-15(11-18)13(7-8-16(14)17)12-5-3-2-4-6-12/h2-8H,9-11,17H2,1H3. The van der Waals surface area contributed by atoms with Crippen molar-refractivity contribution in [2.75, 3.05) is 19.3 Å². The van der Waals surface area contributed by atoms with Crippen molar-refractivity contribution < 1.29 is 0 Å². The molecule has 3 rings (SSSR count). The maximum absolute atomic E-state index is 6.12. The van der Waals surface area contributed by atoms with Crippen molar-refractivity contribution in [1.82, 2.24) is 4.90 Å². The van der Waals surface area contributed by atoms with E-state index in [0.29, 0.717) is 0 Å². The highest BCUT2D eigenvalue weighted by molar-refractivity contribution is 5.73. The van der Waals surface area contributed by atoms with Gasteiger partial charge in [-0.05, 0) is 41.8 Å². The van der Waals surface area contributed by atoms with Crippen molar-refractivity contribution in [3.63, 3.8) is 0 Å². The molecule has 2 aromatic rings. The highest BCUT2D eigenvalue weighted by Crippen LogP contribution is 2.33. The Balaban J connectivity index is 2.17. The van der Waals surface area contributed by atoms with Crippen LogP contribution in [0.1, 0.15) is 11.1 Å². The maximum atomic E-state index is 6.12. The van der Waals surface area contributed by atoms with E-state index in [1.807, 2.05) is 6.07 Å². The Bertz CT molecular complexity index is 561. The zero-order valence-corrected chi connectivity index (χ0v) is 10.7. The van der Waals surface area contributed by atoms with E-state index in [4.69, 9.17) is 5.73 Å². The van der Waals surface area contributed by atoms with Crippen LogP contribution in [0.25, 0.3) is 11.1 Å². The SMILES string of the molecule is CN1CCc2c(N)ccc(-c3ccccc3)c2C1. The van der Waals surface area contributed by atoms with Gasteiger partial charge in [0.1, 0.15) is 0 Å². The summed E-state index contributed by atoms with van der Waals surface area (Å²) in [5, 5.41) is 0. The molecule has 0 saturated heterocycles. The lowest BCUT2D eigenvalue weighted by molar-refractivity contribution is 0.314. The highest BCUT2D eigenvalue weighted by Gasteiger charge is 2.19. The monoisotopic (exact) mass is 238 g/mol. The second-order valence-electron chi connectivity index (χ2n) is 5.01. The summed E-state index contributed by atoms with van der Waals surface area (Å²) in [5.41, 5.74) is 12.4. The zero-order chi connectivity index (χ0) is 12.5. The van der Waals surface area contributed by atoms with Crippen molar-refractivity contribution in [2.24, 2.45) is 0 Å². The number of benzene rings is 2. The number of anilines is 1. The Morgan fingerprint density at radius 2 is 1.78 bits per heavy atom. The highest BCUT2D eigenvalue weighted by atomic mass is 15.1. The van der Waals surface area contributed by atoms with E-state index >= 15 is 0 Å². The number of hydrogen-bond acceptors (Lipinski definition) is 2. The second-order valence-corrected chi connectivity index (χ2v) is 5.01. The molecule has 0 aromatic heterocycles. The molecular formula is C16H18N2. The molecule has 0 atom stereocenters. The normalized spacial score (nSPS) is 15.4. The van der Waals surface area contributed by atoms with E-state index in [0.717, 1.165) is 25.2 Å². The van der Waals surface area contributed by atoms with Crippen LogP contribution in [0.4, 0.5) is 5.69 Å². The maximum Gasteiger partial charge on any atom is 0.0350 e. The molecule has 0 saturated carbocycles. The van der Waals surface area contributed by atoms with Gasteiger partial charge in [0.25, 0.3) is 0 Å². The summed E-state index contributed by atoms with van der Waals surface area (Å²) >= 11 is 0. The van der Waals surface area contributed by atoms with Gasteiger partial charge in [0.2, 0.25) is 0 Å². The van der Waals surface area contributed by atoms with Crippen molar-refractivity contribution in [1.29, 1.82) is 0 Å². The van der Waals surface area contributed by atoms with Gasteiger partial charge in [-0.15, -0.1) is 0 Å². The van der Waals surface area contributed by atoms with Crippen LogP contribution in [0.3, 0.4) is 0 Å². The summed E-state index contributed by atoms with van der Waals surface area (Å²) in [6.07, 6.45) is 1.05. The average molecular weight is 238 g/mol. The van der Waals surface area contributed by atoms with Gasteiger partial charge in [-0.1, -0.05) is 36.4 Å². The average Bonchev–Trinajstić information content (AvgIpc) is 2.40. The summed E-state index contributed by atoms with van der Waals surface area (Å²) in [6, 6.07) is 14.8. The lowest BCUT2D eigenvalue weighted by Gasteiger charge is -2.28. The first kappa shape index (κ1) is 11.3. The zero-order valence-electron chi connectivity index (χ0n) is 10.7. The van der Waals surface area contributed by atoms with E-state index < -0.39 is 0 Å². The van der Waals surface area contributed by atoms with Crippen molar-refractivity contribution >= 4 is 5.69 Å². The van der Waals surface area contributed by atoms with Gasteiger partial charge < -0.3 is 10.6 Å². The summed E-state index contributed by atoms with van der Waals surface area (Å²) < 4.78 is 0. The minimum absolute atomic E-state index is 0.942. The van der Waals surface area contributed by atoms with Crippen molar-refractivity contribution in [3.05, 3.63) is 53.6 Å². The molecule has 18 heavy (non-hydrogen) atoms. The Morgan fingerprint density at radius 3 is 2.56 bits per heavy atom. The van der Waals surface area contributed by atoms with Crippen molar-refractivity contribution in [3.8, 4) is 11.1 Å². The molecule has 0 radical (unpaired) electrons. The number of nitrogens with two attached hydrogens (primary N) is 1. The molecule has 2 aromatic carbocycles. The lowest BCUT2D eigenvalue weighted by Crippen LogP contribution is -2.27. The van der Waals surface area contributed by atoms with Crippen LogP contribution in [0.15, 0.2) is 42.5 Å². The van der Waals surface area contributed by atoms with Gasteiger partial charge in [-0.3, -0.25) is 0 Å². The van der Waals surface area contributed by atoms with Gasteiger partial charge in [0.15, 0.2) is 0 Å². The molecule has 1 aliphatic rings. The quantitative estimate of drug-likeness (QED) is 0.774. The Morgan fingerprint density at radius 1 is 1.00 bits per heavy atom. The molecule has 0 amide bonds. The molecule has 92 valence electrons. The van der Waals surface area contributed by atoms with E-state index in [9.17, 15) is 0 Å². The molecule has 0 unspecified atom stereocenters. The van der Waals surface area contributed by atoms with Gasteiger partial charge >= 0.3 is 0 Å². The van der Waals surface area contributed by atoms with E-state index in [-0.39, 0.29) is 0 Å². The minimum Gasteiger partial charge on any atom is -0.398 e. The van der Waals surface area contributed by atoms with Gasteiger partial charge in [-0.2, -0.15) is 0 Å². The third-order valence-corrected chi connectivity index (χ3v) is 3.72. The molecule has 1 aliphatic heterocycles. The van der Waals surface area contributed by atoms with Gasteiger partial charge in [0, 0.05) is 18.8 Å². The van der Waals surface area contributed by atoms with Crippen LogP contribution in [0.5, 0.6) is 0 Å². The molecule has 0 fully saturated rings. The molecule has 0 bridgehead atoms. The van der Waals surface area contributed by atoms with Crippen LogP contribution in [0.2, 0.25) is 0 Å². The first-order valence-corrected chi connectivity index (χ1v) is 6.40. The molecule has 0 spiro atoms. The van der Waals surface area contributed by atoms with Crippen LogP contribution in [-0.2, 0) is 13.0 Å². The largest absolute Gasteiger partial charge is 0.398 e. The Labute approximate surface area is 108 Å². The van der Waals surface area contributed by atoms with E-state index in [1.165, 1.54) is 22.3 Å². The Kier molecular flexibility index (Phi) is 2.80. The van der Waals surface area contributed by atoms with Crippen molar-refractivity contribution in [2.45, 2.75) is 13.0 Å². The molecule has 2 nitrogen and oxygen atoms in total. The fourth-order valence-electron chi connectivity index (χ4n) is 2.73. The topological polar surface area (TPSA) is 29.3 Å². The lowest BCUT2D eigenvalue weighted by atomic mass is 9.90. The molecule has 2 N–H and O–H groups in total. The number of likely N-dealkylation sites (N-methyl/N-ethyl adjacent to an activating group) is 1. The fraction of sp³-hybridized carbons (Fsp3) is 0.250. The number of fused-ring (bicyclic) bond motifs is 1. The molecular weight excluding hydrogens is 220 g/mol. The van der Waals surface area contributed by atoms with Gasteiger partial charge in [0.05, 0.1) is 0 Å². The summed E-state index contributed by atoms with van der Waals surface area (Å²) in [7, 11) is 2.17. The van der Waals surface area contributed by atoms with Crippen LogP contribution < -0.4 is 5.73 Å². The van der Waals surface area contributed by atoms with Gasteiger partial charge in [-0.25, -0.2) is 0 Å². The molecule has 0 aliphatic carbocycles. The van der Waals surface area contributed by atoms with Crippen LogP contribution >= 0.6 is 0 Å². The first-order valence-electron chi connectivity index (χ1n) is 6.40. The molecule has 2 heteroatoms. The minimum atomic E-state index is 0.942. The summed E-state index contributed by atoms with van der Waals surface area (Å²) in [4.78, 5) is 2.36. The smallest absolute Gasteiger partial charge is 0.0350 e. The van der Waals surface area contributed by atoms with E-state index in [1.54, 1.807) is 0 Å². The Hall–Kier alpha value is -1.80.